The van der Waals surface area contributed by atoms with E-state index in [1.807, 2.05) is 6.92 Å². The van der Waals surface area contributed by atoms with Crippen LogP contribution in [0.5, 0.6) is 0 Å². The van der Waals surface area contributed by atoms with E-state index >= 15 is 0 Å². The Morgan fingerprint density at radius 1 is 1.33 bits per heavy atom. The Balaban J connectivity index is 2.19. The molecule has 0 radical (unpaired) electrons. The first-order valence-corrected chi connectivity index (χ1v) is 6.57. The van der Waals surface area contributed by atoms with Gasteiger partial charge < -0.3 is 15.3 Å². The summed E-state index contributed by atoms with van der Waals surface area (Å²) in [5.74, 6) is -3.50. The van der Waals surface area contributed by atoms with Crippen LogP contribution in [0.25, 0.3) is 0 Å². The molecule has 114 valence electrons. The van der Waals surface area contributed by atoms with Gasteiger partial charge in [-0.25, -0.2) is 18.4 Å². The molecule has 1 saturated carbocycles. The van der Waals surface area contributed by atoms with Crippen molar-refractivity contribution < 1.29 is 23.5 Å². The van der Waals surface area contributed by atoms with Crippen LogP contribution in [-0.4, -0.2) is 35.1 Å². The van der Waals surface area contributed by atoms with E-state index in [-0.39, 0.29) is 11.7 Å². The number of carboxylic acid groups (broad SMARTS) is 1. The number of nitrogens with one attached hydrogen (secondary N) is 1. The van der Waals surface area contributed by atoms with Crippen LogP contribution < -0.4 is 5.32 Å². The summed E-state index contributed by atoms with van der Waals surface area (Å²) in [7, 11) is 1.58. The third kappa shape index (κ3) is 3.29. The number of nitrogens with zero attached hydrogens (tertiary/aromatic N) is 1. The second-order valence-electron chi connectivity index (χ2n) is 5.24. The third-order valence-electron chi connectivity index (χ3n) is 3.77. The molecule has 2 N–H and O–H groups in total. The molecular formula is C14H16F2N2O3. The Hall–Kier alpha value is -2.18. The summed E-state index contributed by atoms with van der Waals surface area (Å²) in [5, 5.41) is 11.3. The summed E-state index contributed by atoms with van der Waals surface area (Å²) in [5.41, 5.74) is -0.754. The van der Waals surface area contributed by atoms with Crippen molar-refractivity contribution in [2.75, 3.05) is 12.4 Å². The largest absolute Gasteiger partial charge is 0.478 e. The molecule has 2 amide bonds. The first kappa shape index (κ1) is 15.2. The summed E-state index contributed by atoms with van der Waals surface area (Å²) in [6.45, 7) is 1.89. The summed E-state index contributed by atoms with van der Waals surface area (Å²) in [6, 6.07) is 0.677. The molecular weight excluding hydrogens is 282 g/mol. The van der Waals surface area contributed by atoms with Gasteiger partial charge in [-0.05, 0) is 31.7 Å². The fourth-order valence-electron chi connectivity index (χ4n) is 2.11. The number of rotatable bonds is 4. The highest BCUT2D eigenvalue weighted by molar-refractivity contribution is 6.00. The number of carboxylic acids is 1. The van der Waals surface area contributed by atoms with E-state index in [1.165, 1.54) is 4.90 Å². The second-order valence-corrected chi connectivity index (χ2v) is 5.24. The fourth-order valence-corrected chi connectivity index (χ4v) is 2.11. The monoisotopic (exact) mass is 298 g/mol. The zero-order valence-electron chi connectivity index (χ0n) is 11.7. The lowest BCUT2D eigenvalue weighted by Crippen LogP contribution is -2.39. The molecule has 0 aliphatic heterocycles. The van der Waals surface area contributed by atoms with E-state index in [0.717, 1.165) is 12.8 Å². The van der Waals surface area contributed by atoms with E-state index in [0.29, 0.717) is 18.1 Å². The minimum atomic E-state index is -1.44. The van der Waals surface area contributed by atoms with E-state index in [2.05, 4.69) is 5.32 Å². The number of anilines is 1. The van der Waals surface area contributed by atoms with Crippen molar-refractivity contribution in [1.82, 2.24) is 4.90 Å². The Morgan fingerprint density at radius 2 is 1.90 bits per heavy atom. The van der Waals surface area contributed by atoms with Crippen LogP contribution in [0.2, 0.25) is 0 Å². The SMILES string of the molecule is CC(C1CC1)N(C)C(=O)Nc1cc(F)c(F)cc1C(=O)O. The van der Waals surface area contributed by atoms with Gasteiger partial charge in [0.15, 0.2) is 11.6 Å². The van der Waals surface area contributed by atoms with Crippen LogP contribution >= 0.6 is 0 Å². The number of aromatic carboxylic acids is 1. The summed E-state index contributed by atoms with van der Waals surface area (Å²) >= 11 is 0. The lowest BCUT2D eigenvalue weighted by atomic mass is 10.1. The molecule has 1 aliphatic carbocycles. The first-order valence-electron chi connectivity index (χ1n) is 6.57. The van der Waals surface area contributed by atoms with Crippen molar-refractivity contribution >= 4 is 17.7 Å². The maximum Gasteiger partial charge on any atom is 0.337 e. The van der Waals surface area contributed by atoms with Crippen molar-refractivity contribution in [1.29, 1.82) is 0 Å². The van der Waals surface area contributed by atoms with Gasteiger partial charge in [0.1, 0.15) is 0 Å². The number of hydrogen-bond donors (Lipinski definition) is 2. The quantitative estimate of drug-likeness (QED) is 0.898. The summed E-state index contributed by atoms with van der Waals surface area (Å²) in [4.78, 5) is 24.5. The van der Waals surface area contributed by atoms with Crippen molar-refractivity contribution in [2.45, 2.75) is 25.8 Å². The van der Waals surface area contributed by atoms with Crippen LogP contribution in [-0.2, 0) is 0 Å². The number of hydrogen-bond acceptors (Lipinski definition) is 2. The predicted octanol–water partition coefficient (Wildman–Crippen LogP) is 2.93. The van der Waals surface area contributed by atoms with Crippen LogP contribution in [0, 0.1) is 17.6 Å². The molecule has 1 aromatic rings. The van der Waals surface area contributed by atoms with E-state index in [1.54, 1.807) is 7.05 Å². The van der Waals surface area contributed by atoms with E-state index < -0.39 is 29.2 Å². The summed E-state index contributed by atoms with van der Waals surface area (Å²) < 4.78 is 26.3. The van der Waals surface area contributed by atoms with Gasteiger partial charge in [0, 0.05) is 19.2 Å². The van der Waals surface area contributed by atoms with Crippen molar-refractivity contribution in [2.24, 2.45) is 5.92 Å². The van der Waals surface area contributed by atoms with Crippen molar-refractivity contribution in [3.05, 3.63) is 29.3 Å². The van der Waals surface area contributed by atoms with E-state index in [4.69, 9.17) is 5.11 Å². The number of carbonyl (C=O) groups is 2. The van der Waals surface area contributed by atoms with Gasteiger partial charge in [-0.2, -0.15) is 0 Å². The predicted molar refractivity (Wildman–Crippen MR) is 72.3 cm³/mol. The number of carbonyl (C=O) groups excluding carboxylic acids is 1. The van der Waals surface area contributed by atoms with Crippen molar-refractivity contribution in [3.8, 4) is 0 Å². The van der Waals surface area contributed by atoms with Gasteiger partial charge in [0.2, 0.25) is 0 Å². The standard InChI is InChI=1S/C14H16F2N2O3/c1-7(8-3-4-8)18(2)14(21)17-12-6-11(16)10(15)5-9(12)13(19)20/h5-8H,3-4H2,1-2H3,(H,17,21)(H,19,20). The number of halogens is 2. The Bertz CT molecular complexity index is 588. The minimum Gasteiger partial charge on any atom is -0.478 e. The van der Waals surface area contributed by atoms with Gasteiger partial charge in [-0.15, -0.1) is 0 Å². The van der Waals surface area contributed by atoms with Crippen LogP contribution in [0.4, 0.5) is 19.3 Å². The molecule has 7 heteroatoms. The highest BCUT2D eigenvalue weighted by atomic mass is 19.2. The smallest absolute Gasteiger partial charge is 0.337 e. The molecule has 0 saturated heterocycles. The van der Waals surface area contributed by atoms with E-state index in [9.17, 15) is 18.4 Å². The molecule has 1 atom stereocenters. The average Bonchev–Trinajstić information content (AvgIpc) is 3.24. The molecule has 21 heavy (non-hydrogen) atoms. The Morgan fingerprint density at radius 3 is 2.43 bits per heavy atom. The molecule has 1 unspecified atom stereocenters. The summed E-state index contributed by atoms with van der Waals surface area (Å²) in [6.07, 6.45) is 2.09. The number of urea groups is 1. The lowest BCUT2D eigenvalue weighted by molar-refractivity contribution is 0.0697. The molecule has 0 spiro atoms. The molecule has 2 rings (SSSR count). The molecule has 0 aromatic heterocycles. The van der Waals surface area contributed by atoms with Gasteiger partial charge in [-0.3, -0.25) is 0 Å². The zero-order chi connectivity index (χ0) is 15.7. The van der Waals surface area contributed by atoms with Crippen molar-refractivity contribution in [3.63, 3.8) is 0 Å². The van der Waals surface area contributed by atoms with Crippen LogP contribution in [0.3, 0.4) is 0 Å². The third-order valence-corrected chi connectivity index (χ3v) is 3.77. The second kappa shape index (κ2) is 5.67. The highest BCUT2D eigenvalue weighted by Gasteiger charge is 2.32. The van der Waals surface area contributed by atoms with Gasteiger partial charge in [0.05, 0.1) is 11.3 Å². The molecule has 1 aromatic carbocycles. The fraction of sp³-hybridized carbons (Fsp3) is 0.429. The van der Waals surface area contributed by atoms with Crippen LogP contribution in [0.1, 0.15) is 30.1 Å². The molecule has 5 nitrogen and oxygen atoms in total. The lowest BCUT2D eigenvalue weighted by Gasteiger charge is -2.25. The normalized spacial score (nSPS) is 15.4. The molecule has 1 fully saturated rings. The molecule has 0 bridgehead atoms. The maximum absolute atomic E-state index is 13.2. The molecule has 0 heterocycles. The number of amides is 2. The Labute approximate surface area is 120 Å². The molecule has 1 aliphatic rings. The van der Waals surface area contributed by atoms with Gasteiger partial charge >= 0.3 is 12.0 Å². The van der Waals surface area contributed by atoms with Crippen LogP contribution in [0.15, 0.2) is 12.1 Å². The minimum absolute atomic E-state index is 0.00331. The highest BCUT2D eigenvalue weighted by Crippen LogP contribution is 2.34. The van der Waals surface area contributed by atoms with Gasteiger partial charge in [0.25, 0.3) is 0 Å². The maximum atomic E-state index is 13.2. The number of benzene rings is 1. The topological polar surface area (TPSA) is 69.6 Å². The average molecular weight is 298 g/mol. The van der Waals surface area contributed by atoms with Gasteiger partial charge in [-0.1, -0.05) is 0 Å². The Kier molecular flexibility index (Phi) is 4.11. The zero-order valence-corrected chi connectivity index (χ0v) is 11.7. The first-order chi connectivity index (χ1) is 9.81.